The summed E-state index contributed by atoms with van der Waals surface area (Å²) in [4.78, 5) is 11.6. The topological polar surface area (TPSA) is 55.8 Å². The zero-order valence-electron chi connectivity index (χ0n) is 15.9. The number of ether oxygens (including phenoxy) is 1. The van der Waals surface area contributed by atoms with E-state index in [1.807, 2.05) is 30.3 Å². The molecule has 0 aromatic heterocycles. The summed E-state index contributed by atoms with van der Waals surface area (Å²) in [5.74, 6) is -1.08. The van der Waals surface area contributed by atoms with E-state index in [2.05, 4.69) is 33.9 Å². The Morgan fingerprint density at radius 3 is 2.44 bits per heavy atom. The quantitative estimate of drug-likeness (QED) is 0.719. The van der Waals surface area contributed by atoms with Gasteiger partial charge in [-0.1, -0.05) is 57.2 Å². The van der Waals surface area contributed by atoms with Crippen LogP contribution in [-0.4, -0.2) is 32.1 Å². The normalized spacial score (nSPS) is 21.2. The SMILES string of the molecule is CC(C)(C)[Si](C)(C)O[C@H]1CC=C(C(=O)O)[C@@H]1COCc1ccccc1. The summed E-state index contributed by atoms with van der Waals surface area (Å²) in [7, 11) is -1.96. The van der Waals surface area contributed by atoms with Gasteiger partial charge in [0, 0.05) is 11.5 Å². The fourth-order valence-electron chi connectivity index (χ4n) is 2.77. The van der Waals surface area contributed by atoms with Crippen LogP contribution in [0.2, 0.25) is 18.1 Å². The third-order valence-electron chi connectivity index (χ3n) is 5.33. The van der Waals surface area contributed by atoms with Crippen molar-refractivity contribution in [2.45, 2.75) is 58.0 Å². The molecule has 0 saturated carbocycles. The van der Waals surface area contributed by atoms with Crippen LogP contribution >= 0.6 is 0 Å². The summed E-state index contributed by atoms with van der Waals surface area (Å²) in [5.41, 5.74) is 1.51. The molecule has 4 nitrogen and oxygen atoms in total. The summed E-state index contributed by atoms with van der Waals surface area (Å²) < 4.78 is 12.3. The Morgan fingerprint density at radius 2 is 1.88 bits per heavy atom. The summed E-state index contributed by atoms with van der Waals surface area (Å²) >= 11 is 0. The van der Waals surface area contributed by atoms with Crippen LogP contribution in [0.3, 0.4) is 0 Å². The van der Waals surface area contributed by atoms with Gasteiger partial charge in [-0.2, -0.15) is 0 Å². The van der Waals surface area contributed by atoms with Crippen LogP contribution in [-0.2, 0) is 20.6 Å². The second-order valence-corrected chi connectivity index (χ2v) is 13.0. The van der Waals surface area contributed by atoms with Crippen molar-refractivity contribution in [1.29, 1.82) is 0 Å². The molecule has 1 aromatic rings. The van der Waals surface area contributed by atoms with E-state index in [0.717, 1.165) is 5.56 Å². The van der Waals surface area contributed by atoms with Gasteiger partial charge >= 0.3 is 5.97 Å². The van der Waals surface area contributed by atoms with Crippen LogP contribution in [0.4, 0.5) is 0 Å². The second-order valence-electron chi connectivity index (χ2n) is 8.22. The molecule has 1 aliphatic rings. The molecule has 0 bridgehead atoms. The lowest BCUT2D eigenvalue weighted by molar-refractivity contribution is -0.133. The van der Waals surface area contributed by atoms with Gasteiger partial charge in [-0.3, -0.25) is 0 Å². The van der Waals surface area contributed by atoms with E-state index in [0.29, 0.717) is 25.2 Å². The van der Waals surface area contributed by atoms with Crippen molar-refractivity contribution >= 4 is 14.3 Å². The molecule has 138 valence electrons. The van der Waals surface area contributed by atoms with Crippen molar-refractivity contribution in [1.82, 2.24) is 0 Å². The van der Waals surface area contributed by atoms with Crippen LogP contribution in [0.15, 0.2) is 42.0 Å². The molecule has 0 amide bonds. The fraction of sp³-hybridized carbons (Fsp3) is 0.550. The highest BCUT2D eigenvalue weighted by Crippen LogP contribution is 2.41. The van der Waals surface area contributed by atoms with Crippen molar-refractivity contribution in [2.24, 2.45) is 5.92 Å². The minimum absolute atomic E-state index is 0.0917. The molecule has 0 fully saturated rings. The van der Waals surface area contributed by atoms with Crippen LogP contribution in [0.5, 0.6) is 0 Å². The molecule has 5 heteroatoms. The molecule has 0 aliphatic heterocycles. The van der Waals surface area contributed by atoms with Gasteiger partial charge in [0.25, 0.3) is 0 Å². The second kappa shape index (κ2) is 7.85. The van der Waals surface area contributed by atoms with E-state index in [1.165, 1.54) is 0 Å². The van der Waals surface area contributed by atoms with Crippen LogP contribution in [0.1, 0.15) is 32.8 Å². The highest BCUT2D eigenvalue weighted by molar-refractivity contribution is 6.74. The summed E-state index contributed by atoms with van der Waals surface area (Å²) in [6, 6.07) is 9.92. The maximum atomic E-state index is 11.6. The Balaban J connectivity index is 2.03. The van der Waals surface area contributed by atoms with Crippen molar-refractivity contribution in [3.8, 4) is 0 Å². The van der Waals surface area contributed by atoms with Crippen LogP contribution in [0.25, 0.3) is 0 Å². The zero-order chi connectivity index (χ0) is 18.7. The average molecular weight is 363 g/mol. The molecule has 1 aromatic carbocycles. The van der Waals surface area contributed by atoms with E-state index in [-0.39, 0.29) is 17.1 Å². The lowest BCUT2D eigenvalue weighted by Crippen LogP contribution is -2.45. The van der Waals surface area contributed by atoms with Crippen molar-refractivity contribution in [2.75, 3.05) is 6.61 Å². The first-order valence-corrected chi connectivity index (χ1v) is 11.8. The van der Waals surface area contributed by atoms with Crippen molar-refractivity contribution < 1.29 is 19.1 Å². The number of hydrogen-bond donors (Lipinski definition) is 1. The average Bonchev–Trinajstić information content (AvgIpc) is 2.90. The maximum absolute atomic E-state index is 11.6. The molecule has 0 radical (unpaired) electrons. The molecular formula is C20H30O4Si. The first-order chi connectivity index (χ1) is 11.6. The van der Waals surface area contributed by atoms with Gasteiger partial charge in [0.2, 0.25) is 0 Å². The molecule has 0 saturated heterocycles. The van der Waals surface area contributed by atoms with E-state index in [9.17, 15) is 9.90 Å². The number of carboxylic acid groups (broad SMARTS) is 1. The van der Waals surface area contributed by atoms with Crippen molar-refractivity contribution in [3.05, 3.63) is 47.5 Å². The van der Waals surface area contributed by atoms with Gasteiger partial charge in [-0.05, 0) is 30.1 Å². The van der Waals surface area contributed by atoms with Gasteiger partial charge in [-0.15, -0.1) is 0 Å². The molecule has 1 aliphatic carbocycles. The van der Waals surface area contributed by atoms with Crippen LogP contribution < -0.4 is 0 Å². The predicted molar refractivity (Wildman–Crippen MR) is 102 cm³/mol. The predicted octanol–water partition coefficient (Wildman–Crippen LogP) is 4.62. The zero-order valence-corrected chi connectivity index (χ0v) is 16.9. The van der Waals surface area contributed by atoms with Gasteiger partial charge in [-0.25, -0.2) is 4.79 Å². The third-order valence-corrected chi connectivity index (χ3v) is 9.83. The lowest BCUT2D eigenvalue weighted by atomic mass is 10.0. The summed E-state index contributed by atoms with van der Waals surface area (Å²) in [5, 5.41) is 9.60. The molecule has 1 N–H and O–H groups in total. The smallest absolute Gasteiger partial charge is 0.331 e. The van der Waals surface area contributed by atoms with E-state index < -0.39 is 14.3 Å². The maximum Gasteiger partial charge on any atom is 0.331 e. The molecule has 0 spiro atoms. The third kappa shape index (κ3) is 5.03. The first kappa shape index (κ1) is 19.9. The molecule has 2 atom stereocenters. The highest BCUT2D eigenvalue weighted by atomic mass is 28.4. The number of aliphatic carboxylic acids is 1. The minimum Gasteiger partial charge on any atom is -0.478 e. The van der Waals surface area contributed by atoms with Crippen LogP contribution in [0, 0.1) is 5.92 Å². The van der Waals surface area contributed by atoms with Crippen molar-refractivity contribution in [3.63, 3.8) is 0 Å². The lowest BCUT2D eigenvalue weighted by Gasteiger charge is -2.40. The Bertz CT molecular complexity index is 616. The van der Waals surface area contributed by atoms with Gasteiger partial charge in [0.05, 0.1) is 19.3 Å². The van der Waals surface area contributed by atoms with Gasteiger partial charge in [0.1, 0.15) is 0 Å². The first-order valence-electron chi connectivity index (χ1n) is 8.84. The van der Waals surface area contributed by atoms with E-state index in [4.69, 9.17) is 9.16 Å². The molecule has 2 rings (SSSR count). The Morgan fingerprint density at radius 1 is 1.24 bits per heavy atom. The minimum atomic E-state index is -1.96. The fourth-order valence-corrected chi connectivity index (χ4v) is 4.14. The van der Waals surface area contributed by atoms with E-state index >= 15 is 0 Å². The number of hydrogen-bond acceptors (Lipinski definition) is 3. The summed E-state index contributed by atoms with van der Waals surface area (Å²) in [6.45, 7) is 11.8. The Labute approximate surface area is 152 Å². The molecular weight excluding hydrogens is 332 g/mol. The molecule has 25 heavy (non-hydrogen) atoms. The number of rotatable bonds is 7. The Kier molecular flexibility index (Phi) is 6.24. The highest BCUT2D eigenvalue weighted by Gasteiger charge is 2.43. The van der Waals surface area contributed by atoms with Gasteiger partial charge in [0.15, 0.2) is 8.32 Å². The number of carbonyl (C=O) groups is 1. The molecule has 0 heterocycles. The van der Waals surface area contributed by atoms with Gasteiger partial charge < -0.3 is 14.3 Å². The monoisotopic (exact) mass is 362 g/mol. The largest absolute Gasteiger partial charge is 0.478 e. The standard InChI is InChI=1S/C20H30O4Si/c1-20(2,3)25(4,5)24-18-12-11-16(19(21)22)17(18)14-23-13-15-9-7-6-8-10-15/h6-11,17-18H,12-14H2,1-5H3,(H,21,22)/t17-,18-/m0/s1. The summed E-state index contributed by atoms with van der Waals surface area (Å²) in [6.07, 6.45) is 2.34. The van der Waals surface area contributed by atoms with E-state index in [1.54, 1.807) is 6.08 Å². The number of benzene rings is 1. The Hall–Kier alpha value is -1.43. The molecule has 0 unspecified atom stereocenters. The number of carboxylic acids is 1.